The summed E-state index contributed by atoms with van der Waals surface area (Å²) in [6.45, 7) is 4.05. The number of nitrogens with zero attached hydrogens (tertiary/aromatic N) is 2. The average Bonchev–Trinajstić information content (AvgIpc) is 2.75. The Morgan fingerprint density at radius 2 is 1.67 bits per heavy atom. The Kier molecular flexibility index (Phi) is 9.83. The number of benzene rings is 2. The van der Waals surface area contributed by atoms with Crippen LogP contribution in [0.1, 0.15) is 31.9 Å². The Balaban J connectivity index is 2.49. The molecule has 0 aromatic heterocycles. The topological polar surface area (TPSA) is 86.8 Å². The van der Waals surface area contributed by atoms with E-state index in [2.05, 4.69) is 21.2 Å². The van der Waals surface area contributed by atoms with Crippen LogP contribution in [0, 0.1) is 0 Å². The number of alkyl halides is 3. The molecule has 0 aliphatic rings. The number of nitrogens with one attached hydrogen (secondary N) is 1. The molecule has 36 heavy (non-hydrogen) atoms. The molecule has 2 aromatic carbocycles. The Labute approximate surface area is 221 Å². The monoisotopic (exact) mass is 611 g/mol. The van der Waals surface area contributed by atoms with Gasteiger partial charge in [0.1, 0.15) is 12.6 Å². The molecule has 0 aliphatic carbocycles. The van der Waals surface area contributed by atoms with Crippen LogP contribution in [-0.4, -0.2) is 50.0 Å². The molecular weight excluding hydrogens is 587 g/mol. The van der Waals surface area contributed by atoms with E-state index in [4.69, 9.17) is 11.6 Å². The van der Waals surface area contributed by atoms with Gasteiger partial charge in [-0.1, -0.05) is 39.7 Å². The lowest BCUT2D eigenvalue weighted by Crippen LogP contribution is -2.52. The van der Waals surface area contributed by atoms with Gasteiger partial charge in [-0.25, -0.2) is 8.42 Å². The lowest BCUT2D eigenvalue weighted by Gasteiger charge is -2.32. The fourth-order valence-electron chi connectivity index (χ4n) is 3.25. The predicted octanol–water partition coefficient (Wildman–Crippen LogP) is 4.83. The van der Waals surface area contributed by atoms with Crippen molar-refractivity contribution in [2.75, 3.05) is 17.1 Å². The van der Waals surface area contributed by atoms with E-state index in [1.807, 2.05) is 0 Å². The van der Waals surface area contributed by atoms with Crippen LogP contribution in [0.15, 0.2) is 46.9 Å². The van der Waals surface area contributed by atoms with Gasteiger partial charge in [-0.2, -0.15) is 13.2 Å². The number of carbonyl (C=O) groups excluding carboxylic acids is 2. The number of carbonyl (C=O) groups is 2. The number of hydrogen-bond donors (Lipinski definition) is 1. The number of sulfonamides is 1. The van der Waals surface area contributed by atoms with Crippen molar-refractivity contribution in [2.45, 2.75) is 45.6 Å². The van der Waals surface area contributed by atoms with Gasteiger partial charge >= 0.3 is 6.18 Å². The molecule has 2 aromatic rings. The second-order valence-electron chi connectivity index (χ2n) is 8.42. The lowest BCUT2D eigenvalue weighted by atomic mass is 10.1. The summed E-state index contributed by atoms with van der Waals surface area (Å²) in [7, 11) is -4.25. The predicted molar refractivity (Wildman–Crippen MR) is 136 cm³/mol. The number of amides is 2. The van der Waals surface area contributed by atoms with E-state index in [9.17, 15) is 31.2 Å². The Morgan fingerprint density at radius 3 is 2.17 bits per heavy atom. The molecule has 13 heteroatoms. The van der Waals surface area contributed by atoms with Gasteiger partial charge in [-0.05, 0) is 56.7 Å². The van der Waals surface area contributed by atoms with Crippen LogP contribution in [-0.2, 0) is 32.3 Å². The first-order valence-corrected chi connectivity index (χ1v) is 13.7. The third kappa shape index (κ3) is 8.10. The highest BCUT2D eigenvalue weighted by atomic mass is 79.9. The van der Waals surface area contributed by atoms with Crippen LogP contribution < -0.4 is 9.62 Å². The molecule has 0 bridgehead atoms. The van der Waals surface area contributed by atoms with Crippen molar-refractivity contribution in [1.29, 1.82) is 0 Å². The van der Waals surface area contributed by atoms with Crippen LogP contribution >= 0.6 is 27.5 Å². The van der Waals surface area contributed by atoms with E-state index in [1.54, 1.807) is 38.1 Å². The number of halogens is 5. The maximum Gasteiger partial charge on any atom is 0.416 e. The summed E-state index contributed by atoms with van der Waals surface area (Å²) in [6.07, 6.45) is -4.01. The fraction of sp³-hybridized carbons (Fsp3) is 0.391. The highest BCUT2D eigenvalue weighted by Gasteiger charge is 2.34. The second-order valence-corrected chi connectivity index (χ2v) is 11.7. The minimum Gasteiger partial charge on any atom is -0.352 e. The summed E-state index contributed by atoms with van der Waals surface area (Å²) < 4.78 is 66.3. The van der Waals surface area contributed by atoms with Crippen molar-refractivity contribution < 1.29 is 31.2 Å². The summed E-state index contributed by atoms with van der Waals surface area (Å²) in [5.41, 5.74) is -0.969. The highest BCUT2D eigenvalue weighted by Crippen LogP contribution is 2.36. The van der Waals surface area contributed by atoms with Crippen LogP contribution in [0.25, 0.3) is 0 Å². The van der Waals surface area contributed by atoms with E-state index >= 15 is 0 Å². The zero-order chi connectivity index (χ0) is 27.4. The Bertz CT molecular complexity index is 1210. The van der Waals surface area contributed by atoms with Gasteiger partial charge in [0.2, 0.25) is 21.8 Å². The molecule has 0 radical (unpaired) electrons. The van der Waals surface area contributed by atoms with Crippen molar-refractivity contribution in [3.63, 3.8) is 0 Å². The van der Waals surface area contributed by atoms with Gasteiger partial charge in [-0.3, -0.25) is 13.9 Å². The maximum atomic E-state index is 13.4. The molecule has 0 saturated heterocycles. The van der Waals surface area contributed by atoms with Crippen LogP contribution in [0.4, 0.5) is 18.9 Å². The Morgan fingerprint density at radius 1 is 1.08 bits per heavy atom. The highest BCUT2D eigenvalue weighted by molar-refractivity contribution is 9.10. The molecule has 1 N–H and O–H groups in total. The number of hydrogen-bond acceptors (Lipinski definition) is 4. The second kappa shape index (κ2) is 11.8. The van der Waals surface area contributed by atoms with Crippen molar-refractivity contribution in [3.8, 4) is 0 Å². The summed E-state index contributed by atoms with van der Waals surface area (Å²) in [5.74, 6) is -1.28. The molecule has 0 saturated carbocycles. The summed E-state index contributed by atoms with van der Waals surface area (Å²) in [6, 6.07) is 7.88. The third-order valence-corrected chi connectivity index (χ3v) is 7.06. The third-order valence-electron chi connectivity index (χ3n) is 5.09. The van der Waals surface area contributed by atoms with Crippen LogP contribution in [0.3, 0.4) is 0 Å². The zero-order valence-corrected chi connectivity index (χ0v) is 23.1. The average molecular weight is 613 g/mol. The van der Waals surface area contributed by atoms with Crippen LogP contribution in [0.5, 0.6) is 0 Å². The Hall–Kier alpha value is -2.31. The maximum absolute atomic E-state index is 13.4. The van der Waals surface area contributed by atoms with Gasteiger partial charge in [0.25, 0.3) is 0 Å². The standard InChI is InChI=1S/C23H26BrClF3N3O4S/c1-14(2)29-22(33)15(3)30(12-16-5-8-18(24)9-6-16)21(32)13-31(36(4,34)35)20-11-17(23(26,27)28)7-10-19(20)25/h5-11,14-15H,12-13H2,1-4H3,(H,29,33). The van der Waals surface area contributed by atoms with E-state index in [0.717, 1.165) is 16.8 Å². The summed E-state index contributed by atoms with van der Waals surface area (Å²) in [5, 5.41) is 2.42. The van der Waals surface area contributed by atoms with Gasteiger partial charge in [0, 0.05) is 17.1 Å². The lowest BCUT2D eigenvalue weighted by molar-refractivity contribution is -0.139. The molecule has 1 unspecified atom stereocenters. The van der Waals surface area contributed by atoms with Gasteiger partial charge in [-0.15, -0.1) is 0 Å². The van der Waals surface area contributed by atoms with E-state index in [-0.39, 0.29) is 17.6 Å². The normalized spacial score (nSPS) is 12.8. The minimum atomic E-state index is -4.76. The molecule has 0 aliphatic heterocycles. The van der Waals surface area contributed by atoms with Gasteiger partial charge in [0.05, 0.1) is 22.5 Å². The largest absolute Gasteiger partial charge is 0.416 e. The quantitative estimate of drug-likeness (QED) is 0.440. The molecule has 0 fully saturated rings. The molecule has 7 nitrogen and oxygen atoms in total. The molecule has 2 amide bonds. The smallest absolute Gasteiger partial charge is 0.352 e. The number of rotatable bonds is 9. The molecule has 198 valence electrons. The molecular formula is C23H26BrClF3N3O4S. The van der Waals surface area contributed by atoms with Gasteiger partial charge < -0.3 is 10.2 Å². The molecule has 2 rings (SSSR count). The molecule has 0 spiro atoms. The zero-order valence-electron chi connectivity index (χ0n) is 19.9. The first-order valence-electron chi connectivity index (χ1n) is 10.7. The minimum absolute atomic E-state index is 0.0489. The summed E-state index contributed by atoms with van der Waals surface area (Å²) >= 11 is 9.37. The molecule has 1 atom stereocenters. The van der Waals surface area contributed by atoms with E-state index in [0.29, 0.717) is 22.0 Å². The summed E-state index contributed by atoms with van der Waals surface area (Å²) in [4.78, 5) is 27.3. The first-order chi connectivity index (χ1) is 16.5. The van der Waals surface area contributed by atoms with Crippen LogP contribution in [0.2, 0.25) is 5.02 Å². The van der Waals surface area contributed by atoms with Crippen molar-refractivity contribution in [3.05, 3.63) is 63.1 Å². The van der Waals surface area contributed by atoms with Gasteiger partial charge in [0.15, 0.2) is 0 Å². The first kappa shape index (κ1) is 29.9. The van der Waals surface area contributed by atoms with Crippen molar-refractivity contribution >= 4 is 55.1 Å². The van der Waals surface area contributed by atoms with Crippen molar-refractivity contribution in [2.24, 2.45) is 0 Å². The van der Waals surface area contributed by atoms with E-state index < -0.39 is 51.9 Å². The SMILES string of the molecule is CC(C)NC(=O)C(C)N(Cc1ccc(Br)cc1)C(=O)CN(c1cc(C(F)(F)F)ccc1Cl)S(C)(=O)=O. The number of anilines is 1. The fourth-order valence-corrected chi connectivity index (χ4v) is 4.64. The van der Waals surface area contributed by atoms with Crippen molar-refractivity contribution in [1.82, 2.24) is 10.2 Å². The van der Waals surface area contributed by atoms with E-state index in [1.165, 1.54) is 11.8 Å². The molecule has 0 heterocycles.